The Kier molecular flexibility index (Phi) is 2.44. The predicted octanol–water partition coefficient (Wildman–Crippen LogP) is 1.55. The molecule has 0 aromatic heterocycles. The third kappa shape index (κ3) is 1.42. The highest BCUT2D eigenvalue weighted by atomic mass is 19.2. The summed E-state index contributed by atoms with van der Waals surface area (Å²) in [6.07, 6.45) is 0. The third-order valence-electron chi connectivity index (χ3n) is 2.82. The van der Waals surface area contributed by atoms with E-state index < -0.39 is 17.5 Å². The molecule has 0 saturated heterocycles. The number of benzene rings is 1. The molecule has 1 atom stereocenters. The molecule has 5 heteroatoms. The number of rotatable bonds is 1. The minimum atomic E-state index is -1.40. The second kappa shape index (κ2) is 3.50. The summed E-state index contributed by atoms with van der Waals surface area (Å²) in [5.41, 5.74) is 6.17. The number of fused-ring (bicyclic) bond motifs is 1. The molecule has 0 spiro atoms. The van der Waals surface area contributed by atoms with Crippen molar-refractivity contribution in [3.63, 3.8) is 0 Å². The first-order valence-corrected chi connectivity index (χ1v) is 4.62. The minimum Gasteiger partial charge on any atom is -0.329 e. The molecule has 0 amide bonds. The highest BCUT2D eigenvalue weighted by Gasteiger charge is 2.31. The van der Waals surface area contributed by atoms with Gasteiger partial charge < -0.3 is 5.73 Å². The first-order valence-electron chi connectivity index (χ1n) is 4.62. The van der Waals surface area contributed by atoms with E-state index >= 15 is 0 Å². The van der Waals surface area contributed by atoms with Crippen LogP contribution in [0.3, 0.4) is 0 Å². The first kappa shape index (κ1) is 10.4. The molecule has 82 valence electrons. The zero-order chi connectivity index (χ0) is 11.2. The second-order valence-corrected chi connectivity index (χ2v) is 3.72. The summed E-state index contributed by atoms with van der Waals surface area (Å²) in [6, 6.07) is 0.805. The van der Waals surface area contributed by atoms with Crippen molar-refractivity contribution in [1.29, 1.82) is 0 Å². The Labute approximate surface area is 85.5 Å². The highest BCUT2D eigenvalue weighted by Crippen LogP contribution is 2.34. The molecule has 0 bridgehead atoms. The van der Waals surface area contributed by atoms with E-state index in [0.29, 0.717) is 5.56 Å². The van der Waals surface area contributed by atoms with Crippen molar-refractivity contribution in [3.8, 4) is 0 Å². The molecule has 1 aromatic rings. The first-order chi connectivity index (χ1) is 7.06. The highest BCUT2D eigenvalue weighted by molar-refractivity contribution is 5.36. The van der Waals surface area contributed by atoms with Crippen LogP contribution in [0, 0.1) is 17.5 Å². The third-order valence-corrected chi connectivity index (χ3v) is 2.82. The standard InChI is InChI=1S/C10H11F3N2/c1-15-4-6-5(8(15)3-14)2-7(11)10(13)9(6)12/h2,8H,3-4,14H2,1H3. The zero-order valence-electron chi connectivity index (χ0n) is 8.23. The van der Waals surface area contributed by atoms with E-state index in [1.807, 2.05) is 0 Å². The van der Waals surface area contributed by atoms with Gasteiger partial charge in [0, 0.05) is 24.7 Å². The van der Waals surface area contributed by atoms with Gasteiger partial charge in [-0.2, -0.15) is 0 Å². The van der Waals surface area contributed by atoms with Gasteiger partial charge in [0.15, 0.2) is 17.5 Å². The lowest BCUT2D eigenvalue weighted by atomic mass is 10.0. The van der Waals surface area contributed by atoms with E-state index in [2.05, 4.69) is 0 Å². The fraction of sp³-hybridized carbons (Fsp3) is 0.400. The van der Waals surface area contributed by atoms with Crippen molar-refractivity contribution in [3.05, 3.63) is 34.6 Å². The van der Waals surface area contributed by atoms with E-state index in [1.165, 1.54) is 0 Å². The van der Waals surface area contributed by atoms with Gasteiger partial charge in [0.2, 0.25) is 0 Å². The van der Waals surface area contributed by atoms with Gasteiger partial charge in [0.1, 0.15) is 0 Å². The lowest BCUT2D eigenvalue weighted by Gasteiger charge is -2.17. The molecule has 0 aliphatic carbocycles. The normalized spacial score (nSPS) is 20.7. The average molecular weight is 216 g/mol. The molecule has 1 heterocycles. The number of halogens is 3. The summed E-state index contributed by atoms with van der Waals surface area (Å²) in [5.74, 6) is -3.65. The lowest BCUT2D eigenvalue weighted by Crippen LogP contribution is -2.24. The van der Waals surface area contributed by atoms with Crippen molar-refractivity contribution in [1.82, 2.24) is 4.90 Å². The molecule has 2 nitrogen and oxygen atoms in total. The summed E-state index contributed by atoms with van der Waals surface area (Å²) < 4.78 is 39.3. The monoisotopic (exact) mass is 216 g/mol. The second-order valence-electron chi connectivity index (χ2n) is 3.72. The Morgan fingerprint density at radius 3 is 2.67 bits per heavy atom. The Bertz CT molecular complexity index is 406. The molecule has 0 saturated carbocycles. The Morgan fingerprint density at radius 1 is 1.40 bits per heavy atom. The van der Waals surface area contributed by atoms with Gasteiger partial charge in [-0.1, -0.05) is 0 Å². The van der Waals surface area contributed by atoms with Gasteiger partial charge in [-0.3, -0.25) is 4.90 Å². The van der Waals surface area contributed by atoms with Crippen LogP contribution in [0.1, 0.15) is 17.2 Å². The van der Waals surface area contributed by atoms with E-state index in [4.69, 9.17) is 5.73 Å². The van der Waals surface area contributed by atoms with E-state index in [0.717, 1.165) is 6.07 Å². The van der Waals surface area contributed by atoms with Gasteiger partial charge in [0.25, 0.3) is 0 Å². The zero-order valence-corrected chi connectivity index (χ0v) is 8.23. The van der Waals surface area contributed by atoms with Gasteiger partial charge in [0.05, 0.1) is 0 Å². The summed E-state index contributed by atoms with van der Waals surface area (Å²) in [5, 5.41) is 0. The fourth-order valence-electron chi connectivity index (χ4n) is 2.01. The van der Waals surface area contributed by atoms with Crippen LogP contribution in [0.2, 0.25) is 0 Å². The maximum Gasteiger partial charge on any atom is 0.194 e. The van der Waals surface area contributed by atoms with Crippen molar-refractivity contribution in [2.45, 2.75) is 12.6 Å². The predicted molar refractivity (Wildman–Crippen MR) is 49.6 cm³/mol. The molecule has 1 aromatic carbocycles. The van der Waals surface area contributed by atoms with Crippen LogP contribution >= 0.6 is 0 Å². The number of nitrogens with two attached hydrogens (primary N) is 1. The summed E-state index contributed by atoms with van der Waals surface area (Å²) >= 11 is 0. The quantitative estimate of drug-likeness (QED) is 0.722. The Balaban J connectivity index is 2.59. The topological polar surface area (TPSA) is 29.3 Å². The molecule has 15 heavy (non-hydrogen) atoms. The van der Waals surface area contributed by atoms with Gasteiger partial charge in [-0.05, 0) is 18.7 Å². The van der Waals surface area contributed by atoms with Crippen LogP contribution in [0.25, 0.3) is 0 Å². The lowest BCUT2D eigenvalue weighted by molar-refractivity contribution is 0.272. The van der Waals surface area contributed by atoms with Gasteiger partial charge >= 0.3 is 0 Å². The minimum absolute atomic E-state index is 0.215. The van der Waals surface area contributed by atoms with Crippen molar-refractivity contribution < 1.29 is 13.2 Å². The van der Waals surface area contributed by atoms with Crippen LogP contribution in [0.4, 0.5) is 13.2 Å². The van der Waals surface area contributed by atoms with E-state index in [1.54, 1.807) is 11.9 Å². The van der Waals surface area contributed by atoms with Crippen molar-refractivity contribution in [2.24, 2.45) is 5.73 Å². The van der Waals surface area contributed by atoms with E-state index in [9.17, 15) is 13.2 Å². The van der Waals surface area contributed by atoms with Gasteiger partial charge in [-0.25, -0.2) is 13.2 Å². The molecule has 1 aliphatic rings. The summed E-state index contributed by atoms with van der Waals surface area (Å²) in [4.78, 5) is 1.77. The van der Waals surface area contributed by atoms with Crippen LogP contribution in [-0.2, 0) is 6.54 Å². The molecule has 2 rings (SSSR count). The van der Waals surface area contributed by atoms with Crippen LogP contribution in [0.15, 0.2) is 6.07 Å². The number of hydrogen-bond donors (Lipinski definition) is 1. The SMILES string of the molecule is CN1Cc2c(cc(F)c(F)c2F)C1CN. The fourth-order valence-corrected chi connectivity index (χ4v) is 2.01. The maximum atomic E-state index is 13.4. The molecule has 0 fully saturated rings. The maximum absolute atomic E-state index is 13.4. The van der Waals surface area contributed by atoms with E-state index in [-0.39, 0.29) is 24.7 Å². The van der Waals surface area contributed by atoms with Crippen LogP contribution < -0.4 is 5.73 Å². The molecular weight excluding hydrogens is 205 g/mol. The van der Waals surface area contributed by atoms with Crippen molar-refractivity contribution in [2.75, 3.05) is 13.6 Å². The number of likely N-dealkylation sites (N-methyl/N-ethyl adjacent to an activating group) is 1. The van der Waals surface area contributed by atoms with Crippen LogP contribution in [-0.4, -0.2) is 18.5 Å². The summed E-state index contributed by atoms with van der Waals surface area (Å²) in [6.45, 7) is 0.522. The molecular formula is C10H11F3N2. The summed E-state index contributed by atoms with van der Waals surface area (Å²) in [7, 11) is 1.74. The number of nitrogens with zero attached hydrogens (tertiary/aromatic N) is 1. The van der Waals surface area contributed by atoms with Gasteiger partial charge in [-0.15, -0.1) is 0 Å². The molecule has 1 unspecified atom stereocenters. The van der Waals surface area contributed by atoms with Crippen molar-refractivity contribution >= 4 is 0 Å². The average Bonchev–Trinajstić information content (AvgIpc) is 2.51. The molecule has 2 N–H and O–H groups in total. The largest absolute Gasteiger partial charge is 0.329 e. The molecule has 1 aliphatic heterocycles. The Morgan fingerprint density at radius 2 is 2.07 bits per heavy atom. The van der Waals surface area contributed by atoms with Crippen LogP contribution in [0.5, 0.6) is 0 Å². The Hall–Kier alpha value is -1.07. The molecule has 0 radical (unpaired) electrons. The number of hydrogen-bond acceptors (Lipinski definition) is 2. The smallest absolute Gasteiger partial charge is 0.194 e.